The predicted octanol–water partition coefficient (Wildman–Crippen LogP) is 3.77. The van der Waals surface area contributed by atoms with Crippen molar-refractivity contribution in [2.24, 2.45) is 0 Å². The van der Waals surface area contributed by atoms with Gasteiger partial charge in [-0.3, -0.25) is 0 Å². The molecule has 1 aromatic carbocycles. The molecule has 0 aliphatic rings. The van der Waals surface area contributed by atoms with E-state index in [1.165, 1.54) is 16.7 Å². The van der Waals surface area contributed by atoms with Crippen LogP contribution >= 0.6 is 0 Å². The molecule has 1 heterocycles. The van der Waals surface area contributed by atoms with E-state index in [1.807, 2.05) is 6.20 Å². The van der Waals surface area contributed by atoms with Crippen LogP contribution in [-0.4, -0.2) is 16.1 Å². The van der Waals surface area contributed by atoms with Gasteiger partial charge in [-0.2, -0.15) is 0 Å². The second kappa shape index (κ2) is 7.25. The third kappa shape index (κ3) is 3.48. The van der Waals surface area contributed by atoms with Gasteiger partial charge in [0.2, 0.25) is 0 Å². The quantitative estimate of drug-likeness (QED) is 0.777. The molecule has 0 saturated heterocycles. The minimum Gasteiger partial charge on any atom is -0.331 e. The highest BCUT2D eigenvalue weighted by Gasteiger charge is 2.10. The average molecular weight is 271 g/mol. The molecule has 0 bridgehead atoms. The Morgan fingerprint density at radius 2 is 2.05 bits per heavy atom. The molecule has 0 atom stereocenters. The topological polar surface area (TPSA) is 29.9 Å². The maximum absolute atomic E-state index is 4.57. The summed E-state index contributed by atoms with van der Waals surface area (Å²) in [6.07, 6.45) is 6.26. The molecule has 0 aliphatic heterocycles. The fourth-order valence-electron chi connectivity index (χ4n) is 2.43. The van der Waals surface area contributed by atoms with Crippen LogP contribution in [-0.2, 0) is 13.1 Å². The Balaban J connectivity index is 2.32. The summed E-state index contributed by atoms with van der Waals surface area (Å²) in [6.45, 7) is 9.50. The van der Waals surface area contributed by atoms with E-state index in [-0.39, 0.29) is 0 Å². The van der Waals surface area contributed by atoms with Gasteiger partial charge in [0.05, 0.1) is 0 Å². The summed E-state index contributed by atoms with van der Waals surface area (Å²) in [7, 11) is 0. The molecule has 0 saturated carbocycles. The van der Waals surface area contributed by atoms with Crippen LogP contribution in [0.5, 0.6) is 0 Å². The van der Waals surface area contributed by atoms with Crippen LogP contribution in [0.25, 0.3) is 11.4 Å². The monoisotopic (exact) mass is 271 g/mol. The fraction of sp³-hybridized carbons (Fsp3) is 0.471. The van der Waals surface area contributed by atoms with E-state index in [4.69, 9.17) is 0 Å². The SMILES string of the molecule is CCCNCc1ccc(C)cc1-c1nccn1CCC. The highest BCUT2D eigenvalue weighted by molar-refractivity contribution is 5.62. The Hall–Kier alpha value is -1.61. The highest BCUT2D eigenvalue weighted by Crippen LogP contribution is 2.24. The second-order valence-corrected chi connectivity index (χ2v) is 5.28. The van der Waals surface area contributed by atoms with Crippen molar-refractivity contribution in [3.63, 3.8) is 0 Å². The molecule has 20 heavy (non-hydrogen) atoms. The normalized spacial score (nSPS) is 10.9. The van der Waals surface area contributed by atoms with Gasteiger partial charge in [-0.25, -0.2) is 4.98 Å². The average Bonchev–Trinajstić information content (AvgIpc) is 2.89. The van der Waals surface area contributed by atoms with E-state index >= 15 is 0 Å². The molecule has 3 heteroatoms. The summed E-state index contributed by atoms with van der Waals surface area (Å²) in [5.41, 5.74) is 3.87. The molecule has 2 aromatic rings. The van der Waals surface area contributed by atoms with Crippen molar-refractivity contribution in [2.75, 3.05) is 6.54 Å². The van der Waals surface area contributed by atoms with E-state index in [2.05, 4.69) is 60.0 Å². The van der Waals surface area contributed by atoms with Crippen molar-refractivity contribution in [3.05, 3.63) is 41.7 Å². The van der Waals surface area contributed by atoms with E-state index in [1.54, 1.807) is 0 Å². The molecule has 0 aliphatic carbocycles. The number of hydrogen-bond donors (Lipinski definition) is 1. The van der Waals surface area contributed by atoms with E-state index in [0.717, 1.165) is 38.3 Å². The van der Waals surface area contributed by atoms with Gasteiger partial charge >= 0.3 is 0 Å². The van der Waals surface area contributed by atoms with Gasteiger partial charge in [-0.05, 0) is 37.9 Å². The van der Waals surface area contributed by atoms with E-state index in [9.17, 15) is 0 Å². The van der Waals surface area contributed by atoms with Crippen LogP contribution in [0.15, 0.2) is 30.6 Å². The number of imidazole rings is 1. The summed E-state index contributed by atoms with van der Waals surface area (Å²) in [4.78, 5) is 4.57. The lowest BCUT2D eigenvalue weighted by molar-refractivity contribution is 0.669. The number of aryl methyl sites for hydroxylation is 2. The molecule has 2 rings (SSSR count). The summed E-state index contributed by atoms with van der Waals surface area (Å²) in [5, 5.41) is 3.49. The Kier molecular flexibility index (Phi) is 5.36. The second-order valence-electron chi connectivity index (χ2n) is 5.28. The third-order valence-corrected chi connectivity index (χ3v) is 3.43. The minimum absolute atomic E-state index is 0.905. The number of nitrogens with zero attached hydrogens (tertiary/aromatic N) is 2. The molecule has 0 radical (unpaired) electrons. The maximum Gasteiger partial charge on any atom is 0.140 e. The maximum atomic E-state index is 4.57. The molecule has 3 nitrogen and oxygen atoms in total. The molecule has 108 valence electrons. The van der Waals surface area contributed by atoms with Crippen molar-refractivity contribution in [3.8, 4) is 11.4 Å². The molecule has 0 amide bonds. The first-order valence-electron chi connectivity index (χ1n) is 7.58. The Morgan fingerprint density at radius 3 is 2.80 bits per heavy atom. The van der Waals surface area contributed by atoms with E-state index in [0.29, 0.717) is 0 Å². The van der Waals surface area contributed by atoms with Gasteiger partial charge in [0, 0.05) is 31.0 Å². The lowest BCUT2D eigenvalue weighted by Crippen LogP contribution is -2.15. The van der Waals surface area contributed by atoms with E-state index < -0.39 is 0 Å². The van der Waals surface area contributed by atoms with Gasteiger partial charge in [0.25, 0.3) is 0 Å². The Labute approximate surface area is 122 Å². The number of aromatic nitrogens is 2. The summed E-state index contributed by atoms with van der Waals surface area (Å²) < 4.78 is 2.25. The van der Waals surface area contributed by atoms with Gasteiger partial charge in [-0.15, -0.1) is 0 Å². The Bertz CT molecular complexity index is 543. The van der Waals surface area contributed by atoms with Crippen LogP contribution in [0.4, 0.5) is 0 Å². The molecule has 1 N–H and O–H groups in total. The lowest BCUT2D eigenvalue weighted by atomic mass is 10.0. The summed E-state index contributed by atoms with van der Waals surface area (Å²) in [6, 6.07) is 6.65. The van der Waals surface area contributed by atoms with Gasteiger partial charge in [0.15, 0.2) is 0 Å². The number of benzene rings is 1. The third-order valence-electron chi connectivity index (χ3n) is 3.43. The predicted molar refractivity (Wildman–Crippen MR) is 84.7 cm³/mol. The first-order valence-corrected chi connectivity index (χ1v) is 7.58. The first kappa shape index (κ1) is 14.8. The van der Waals surface area contributed by atoms with Crippen LogP contribution in [0, 0.1) is 6.92 Å². The van der Waals surface area contributed by atoms with Crippen LogP contribution in [0.2, 0.25) is 0 Å². The summed E-state index contributed by atoms with van der Waals surface area (Å²) in [5.74, 6) is 1.09. The van der Waals surface area contributed by atoms with Crippen LogP contribution in [0.1, 0.15) is 37.8 Å². The van der Waals surface area contributed by atoms with Crippen LogP contribution in [0.3, 0.4) is 0 Å². The van der Waals surface area contributed by atoms with Gasteiger partial charge < -0.3 is 9.88 Å². The molecule has 1 aromatic heterocycles. The molecular formula is C17H25N3. The Morgan fingerprint density at radius 1 is 1.20 bits per heavy atom. The van der Waals surface area contributed by atoms with Crippen LogP contribution < -0.4 is 5.32 Å². The molecule has 0 unspecified atom stereocenters. The number of hydrogen-bond acceptors (Lipinski definition) is 2. The number of rotatable bonds is 7. The van der Waals surface area contributed by atoms with Crippen molar-refractivity contribution < 1.29 is 0 Å². The molecule has 0 spiro atoms. The van der Waals surface area contributed by atoms with Gasteiger partial charge in [0.1, 0.15) is 5.82 Å². The molecular weight excluding hydrogens is 246 g/mol. The zero-order valence-electron chi connectivity index (χ0n) is 12.8. The minimum atomic E-state index is 0.905. The summed E-state index contributed by atoms with van der Waals surface area (Å²) >= 11 is 0. The van der Waals surface area contributed by atoms with Crippen molar-refractivity contribution in [1.29, 1.82) is 0 Å². The zero-order chi connectivity index (χ0) is 14.4. The fourth-order valence-corrected chi connectivity index (χ4v) is 2.43. The van der Waals surface area contributed by atoms with Crippen molar-refractivity contribution in [2.45, 2.75) is 46.7 Å². The van der Waals surface area contributed by atoms with Crippen molar-refractivity contribution >= 4 is 0 Å². The largest absolute Gasteiger partial charge is 0.331 e. The number of nitrogens with one attached hydrogen (secondary N) is 1. The first-order chi connectivity index (χ1) is 9.76. The standard InChI is InChI=1S/C17H25N3/c1-4-8-18-13-15-7-6-14(3)12-16(15)17-19-9-11-20(17)10-5-2/h6-7,9,11-12,18H,4-5,8,10,13H2,1-3H3. The smallest absolute Gasteiger partial charge is 0.140 e. The van der Waals surface area contributed by atoms with Gasteiger partial charge in [-0.1, -0.05) is 31.5 Å². The molecule has 0 fully saturated rings. The lowest BCUT2D eigenvalue weighted by Gasteiger charge is -2.13. The van der Waals surface area contributed by atoms with Crippen molar-refractivity contribution in [1.82, 2.24) is 14.9 Å². The zero-order valence-corrected chi connectivity index (χ0v) is 12.8. The highest BCUT2D eigenvalue weighted by atomic mass is 15.1.